The fraction of sp³-hybridized carbons (Fsp3) is 0.200. The zero-order chi connectivity index (χ0) is 28.2. The first kappa shape index (κ1) is 27.7. The van der Waals surface area contributed by atoms with E-state index in [0.29, 0.717) is 11.4 Å². The van der Waals surface area contributed by atoms with E-state index in [0.717, 1.165) is 26.9 Å². The zero-order valence-electron chi connectivity index (χ0n) is 22.7. The molecule has 39 heavy (non-hydrogen) atoms. The first-order valence-electron chi connectivity index (χ1n) is 12.4. The largest absolute Gasteiger partial charge is 0.497 e. The molecule has 0 fully saturated rings. The summed E-state index contributed by atoms with van der Waals surface area (Å²) in [6, 6.07) is 22.8. The minimum atomic E-state index is -4.04. The Kier molecular flexibility index (Phi) is 8.21. The van der Waals surface area contributed by atoms with Gasteiger partial charge in [-0.05, 0) is 81.3 Å². The lowest BCUT2D eigenvalue weighted by Gasteiger charge is -2.24. The van der Waals surface area contributed by atoms with E-state index in [4.69, 9.17) is 4.74 Å². The molecular weight excluding hydrogens is 512 g/mol. The van der Waals surface area contributed by atoms with Gasteiger partial charge in [-0.3, -0.25) is 9.10 Å². The summed E-state index contributed by atoms with van der Waals surface area (Å²) in [6.45, 7) is 7.69. The van der Waals surface area contributed by atoms with Crippen molar-refractivity contribution < 1.29 is 17.9 Å². The Morgan fingerprint density at radius 1 is 0.949 bits per heavy atom. The molecule has 0 aliphatic carbocycles. The molecule has 0 aliphatic heterocycles. The number of aryl methyl sites for hydroxylation is 3. The molecule has 0 unspecified atom stereocenters. The van der Waals surface area contributed by atoms with Crippen LogP contribution in [0.3, 0.4) is 0 Å². The SMILES string of the molecule is COc1cccc(N(CC(=O)N/N=C\c2cc(C)n(-c3ccc(C)c(C)c3)c2C)S(=O)(=O)c2ccccc2)c1. The van der Waals surface area contributed by atoms with Gasteiger partial charge in [0.25, 0.3) is 15.9 Å². The lowest BCUT2D eigenvalue weighted by Crippen LogP contribution is -2.39. The number of ether oxygens (including phenoxy) is 1. The van der Waals surface area contributed by atoms with Gasteiger partial charge in [-0.2, -0.15) is 5.10 Å². The van der Waals surface area contributed by atoms with Crippen molar-refractivity contribution in [3.63, 3.8) is 0 Å². The Hall–Kier alpha value is -4.37. The van der Waals surface area contributed by atoms with E-state index in [1.54, 1.807) is 48.7 Å². The number of rotatable bonds is 9. The number of sulfonamides is 1. The van der Waals surface area contributed by atoms with Gasteiger partial charge < -0.3 is 9.30 Å². The molecule has 0 spiro atoms. The minimum Gasteiger partial charge on any atom is -0.497 e. The normalized spacial score (nSPS) is 11.5. The van der Waals surface area contributed by atoms with Gasteiger partial charge in [0.2, 0.25) is 0 Å². The number of hydrazone groups is 1. The van der Waals surface area contributed by atoms with Crippen molar-refractivity contribution in [3.8, 4) is 11.4 Å². The quantitative estimate of drug-likeness (QED) is 0.235. The lowest BCUT2D eigenvalue weighted by molar-refractivity contribution is -0.119. The molecule has 4 aromatic rings. The maximum Gasteiger partial charge on any atom is 0.264 e. The molecule has 1 N–H and O–H groups in total. The number of anilines is 1. The summed E-state index contributed by atoms with van der Waals surface area (Å²) in [5.74, 6) is -0.116. The number of nitrogens with one attached hydrogen (secondary N) is 1. The predicted molar refractivity (Wildman–Crippen MR) is 154 cm³/mol. The van der Waals surface area contributed by atoms with Gasteiger partial charge in [-0.15, -0.1) is 0 Å². The third-order valence-corrected chi connectivity index (χ3v) is 8.36. The van der Waals surface area contributed by atoms with Crippen LogP contribution in [0.15, 0.2) is 88.9 Å². The van der Waals surface area contributed by atoms with Crippen LogP contribution in [-0.2, 0) is 14.8 Å². The third kappa shape index (κ3) is 6.04. The number of aromatic nitrogens is 1. The average molecular weight is 545 g/mol. The van der Waals surface area contributed by atoms with Crippen molar-refractivity contribution in [2.45, 2.75) is 32.6 Å². The molecule has 4 rings (SSSR count). The number of hydrogen-bond acceptors (Lipinski definition) is 5. The van der Waals surface area contributed by atoms with Crippen molar-refractivity contribution in [1.29, 1.82) is 0 Å². The molecule has 0 aliphatic rings. The second-order valence-electron chi connectivity index (χ2n) is 9.25. The van der Waals surface area contributed by atoms with Gasteiger partial charge >= 0.3 is 0 Å². The lowest BCUT2D eigenvalue weighted by atomic mass is 10.1. The predicted octanol–water partition coefficient (Wildman–Crippen LogP) is 5.07. The van der Waals surface area contributed by atoms with Crippen molar-refractivity contribution >= 4 is 27.8 Å². The number of hydrogen-bond donors (Lipinski definition) is 1. The van der Waals surface area contributed by atoms with Crippen molar-refractivity contribution in [3.05, 3.63) is 107 Å². The van der Waals surface area contributed by atoms with Crippen molar-refractivity contribution in [1.82, 2.24) is 9.99 Å². The van der Waals surface area contributed by atoms with Crippen LogP contribution in [0.5, 0.6) is 5.75 Å². The molecule has 1 amide bonds. The smallest absolute Gasteiger partial charge is 0.264 e. The van der Waals surface area contributed by atoms with Gasteiger partial charge in [-0.1, -0.05) is 30.3 Å². The number of amides is 1. The Bertz CT molecular complexity index is 1630. The van der Waals surface area contributed by atoms with Crippen LogP contribution in [0.25, 0.3) is 5.69 Å². The molecule has 0 atom stereocenters. The highest BCUT2D eigenvalue weighted by atomic mass is 32.2. The van der Waals surface area contributed by atoms with E-state index in [1.165, 1.54) is 30.4 Å². The first-order valence-corrected chi connectivity index (χ1v) is 13.9. The van der Waals surface area contributed by atoms with Gasteiger partial charge in [0, 0.05) is 28.7 Å². The highest BCUT2D eigenvalue weighted by Gasteiger charge is 2.27. The summed E-state index contributed by atoms with van der Waals surface area (Å²) in [6.07, 6.45) is 1.57. The molecule has 0 bridgehead atoms. The summed E-state index contributed by atoms with van der Waals surface area (Å²) in [4.78, 5) is 13.0. The van der Waals surface area contributed by atoms with Gasteiger partial charge in [0.05, 0.1) is 23.9 Å². The Balaban J connectivity index is 1.56. The molecular formula is C30H32N4O4S. The molecule has 0 saturated heterocycles. The fourth-order valence-electron chi connectivity index (χ4n) is 4.32. The molecule has 9 heteroatoms. The highest BCUT2D eigenvalue weighted by molar-refractivity contribution is 7.92. The van der Waals surface area contributed by atoms with E-state index in [1.807, 2.05) is 19.9 Å². The number of carbonyl (C=O) groups is 1. The van der Waals surface area contributed by atoms with Gasteiger partial charge in [0.1, 0.15) is 12.3 Å². The number of benzene rings is 3. The number of carbonyl (C=O) groups excluding carboxylic acids is 1. The second-order valence-corrected chi connectivity index (χ2v) is 11.1. The molecule has 0 radical (unpaired) electrons. The van der Waals surface area contributed by atoms with Gasteiger partial charge in [0.15, 0.2) is 0 Å². The number of methoxy groups -OCH3 is 1. The number of nitrogens with zero attached hydrogens (tertiary/aromatic N) is 3. The monoisotopic (exact) mass is 544 g/mol. The Morgan fingerprint density at radius 2 is 1.69 bits per heavy atom. The van der Waals surface area contributed by atoms with Crippen LogP contribution in [0.1, 0.15) is 28.1 Å². The minimum absolute atomic E-state index is 0.0721. The average Bonchev–Trinajstić information content (AvgIpc) is 3.21. The van der Waals surface area contributed by atoms with Gasteiger partial charge in [-0.25, -0.2) is 13.8 Å². The van der Waals surface area contributed by atoms with E-state index in [-0.39, 0.29) is 4.90 Å². The molecule has 3 aromatic carbocycles. The van der Waals surface area contributed by atoms with Crippen molar-refractivity contribution in [2.24, 2.45) is 5.10 Å². The summed E-state index contributed by atoms with van der Waals surface area (Å²) in [7, 11) is -2.54. The Labute approximate surface area is 229 Å². The molecule has 202 valence electrons. The summed E-state index contributed by atoms with van der Waals surface area (Å²) >= 11 is 0. The highest BCUT2D eigenvalue weighted by Crippen LogP contribution is 2.27. The zero-order valence-corrected chi connectivity index (χ0v) is 23.5. The molecule has 1 heterocycles. The maximum atomic E-state index is 13.5. The third-order valence-electron chi connectivity index (χ3n) is 6.57. The van der Waals surface area contributed by atoms with E-state index in [2.05, 4.69) is 47.1 Å². The molecule has 0 saturated carbocycles. The van der Waals surface area contributed by atoms with Crippen LogP contribution in [-0.4, -0.2) is 38.8 Å². The topological polar surface area (TPSA) is 93.0 Å². The summed E-state index contributed by atoms with van der Waals surface area (Å²) in [5.41, 5.74) is 9.10. The summed E-state index contributed by atoms with van der Waals surface area (Å²) in [5, 5.41) is 4.13. The summed E-state index contributed by atoms with van der Waals surface area (Å²) < 4.78 is 35.4. The first-order chi connectivity index (χ1) is 18.6. The molecule has 1 aromatic heterocycles. The van der Waals surface area contributed by atoms with Crippen molar-refractivity contribution in [2.75, 3.05) is 18.0 Å². The van der Waals surface area contributed by atoms with Crippen LogP contribution in [0.2, 0.25) is 0 Å². The second kappa shape index (κ2) is 11.6. The van der Waals surface area contributed by atoms with Crippen LogP contribution in [0.4, 0.5) is 5.69 Å². The Morgan fingerprint density at radius 3 is 2.38 bits per heavy atom. The van der Waals surface area contributed by atoms with E-state index in [9.17, 15) is 13.2 Å². The fourth-order valence-corrected chi connectivity index (χ4v) is 5.75. The van der Waals surface area contributed by atoms with Crippen LogP contribution < -0.4 is 14.5 Å². The standard InChI is InChI=1S/C30H32N4O4S/c1-21-14-15-27(16-22(21)2)34-23(3)17-25(24(34)4)19-31-32-30(35)20-33(26-10-9-11-28(18-26)38-5)39(36,37)29-12-7-6-8-13-29/h6-19H,20H2,1-5H3,(H,32,35)/b31-19-. The van der Waals surface area contributed by atoms with Crippen LogP contribution in [0, 0.1) is 27.7 Å². The molecule has 8 nitrogen and oxygen atoms in total. The van der Waals surface area contributed by atoms with Crippen LogP contribution >= 0.6 is 0 Å². The van der Waals surface area contributed by atoms with E-state index >= 15 is 0 Å². The van der Waals surface area contributed by atoms with E-state index < -0.39 is 22.5 Å². The maximum absolute atomic E-state index is 13.5.